The van der Waals surface area contributed by atoms with Crippen LogP contribution in [0.5, 0.6) is 5.75 Å². The van der Waals surface area contributed by atoms with E-state index in [9.17, 15) is 18.0 Å². The Morgan fingerprint density at radius 2 is 1.94 bits per heavy atom. The Morgan fingerprint density at radius 3 is 2.39 bits per heavy atom. The number of nitrogens with two attached hydrogens (primary N) is 1. The number of nitrogens with zero attached hydrogens (tertiary/aromatic N) is 4. The summed E-state index contributed by atoms with van der Waals surface area (Å²) in [5, 5.41) is 4.79. The molecule has 10 heteroatoms. The van der Waals surface area contributed by atoms with Gasteiger partial charge in [0, 0.05) is 32.4 Å². The molecule has 2 aliphatic rings. The van der Waals surface area contributed by atoms with Crippen molar-refractivity contribution in [2.45, 2.75) is 51.3 Å². The second-order valence-electron chi connectivity index (χ2n) is 9.11. The quantitative estimate of drug-likeness (QED) is 0.604. The maximum atomic E-state index is 12.8. The summed E-state index contributed by atoms with van der Waals surface area (Å²) in [6.07, 6.45) is 0.353. The number of rotatable bonds is 8. The van der Waals surface area contributed by atoms with Gasteiger partial charge in [0.05, 0.1) is 11.1 Å². The van der Waals surface area contributed by atoms with Crippen LogP contribution in [0.15, 0.2) is 17.1 Å². The fraction of sp³-hybridized carbons (Fsp3) is 0.522. The number of carbonyl (C=O) groups excluding carboxylic acids is 1. The molecule has 33 heavy (non-hydrogen) atoms. The fourth-order valence-electron chi connectivity index (χ4n) is 4.57. The highest BCUT2D eigenvalue weighted by molar-refractivity contribution is 5.96. The lowest BCUT2D eigenvalue weighted by molar-refractivity contribution is -0.274. The van der Waals surface area contributed by atoms with E-state index in [-0.39, 0.29) is 5.75 Å². The van der Waals surface area contributed by atoms with E-state index in [0.717, 1.165) is 30.8 Å². The molecule has 2 fully saturated rings. The van der Waals surface area contributed by atoms with E-state index in [0.29, 0.717) is 41.3 Å². The average Bonchev–Trinajstić information content (AvgIpc) is 3.59. The topological polar surface area (TPSA) is 85.7 Å². The molecule has 1 aromatic carbocycles. The maximum Gasteiger partial charge on any atom is 0.573 e. The number of hydrogen-bond acceptors (Lipinski definition) is 5. The molecule has 2 saturated carbocycles. The molecule has 0 aliphatic heterocycles. The lowest BCUT2D eigenvalue weighted by Gasteiger charge is -2.25. The number of hydrogen-bond donors (Lipinski definition) is 1. The number of halogens is 3. The minimum absolute atomic E-state index is 0.285. The second kappa shape index (κ2) is 8.07. The van der Waals surface area contributed by atoms with Gasteiger partial charge in [0.25, 0.3) is 0 Å². The molecule has 0 radical (unpaired) electrons. The number of carbonyl (C=O) groups is 1. The van der Waals surface area contributed by atoms with Gasteiger partial charge in [0.15, 0.2) is 0 Å². The summed E-state index contributed by atoms with van der Waals surface area (Å²) in [5.41, 5.74) is 8.06. The molecule has 0 unspecified atom stereocenters. The highest BCUT2D eigenvalue weighted by Gasteiger charge is 2.54. The Bertz CT molecular complexity index is 1090. The number of ether oxygens (including phenoxy) is 1. The van der Waals surface area contributed by atoms with Crippen LogP contribution in [0.25, 0.3) is 5.69 Å². The highest BCUT2D eigenvalue weighted by atomic mass is 19.4. The van der Waals surface area contributed by atoms with Gasteiger partial charge < -0.3 is 15.4 Å². The van der Waals surface area contributed by atoms with Crippen molar-refractivity contribution in [3.63, 3.8) is 0 Å². The molecule has 2 aliphatic carbocycles. The van der Waals surface area contributed by atoms with Crippen LogP contribution >= 0.6 is 0 Å². The van der Waals surface area contributed by atoms with Gasteiger partial charge in [-0.2, -0.15) is 5.10 Å². The lowest BCUT2D eigenvalue weighted by atomic mass is 9.94. The molecular weight excluding hydrogens is 435 g/mol. The van der Waals surface area contributed by atoms with Crippen LogP contribution in [0, 0.1) is 19.8 Å². The van der Waals surface area contributed by atoms with Crippen molar-refractivity contribution in [3.8, 4) is 11.4 Å². The summed E-state index contributed by atoms with van der Waals surface area (Å²) in [4.78, 5) is 18.7. The zero-order valence-corrected chi connectivity index (χ0v) is 19.2. The van der Waals surface area contributed by atoms with Gasteiger partial charge in [-0.05, 0) is 68.7 Å². The van der Waals surface area contributed by atoms with Crippen molar-refractivity contribution in [2.24, 2.45) is 16.6 Å². The maximum absolute atomic E-state index is 12.8. The Hall–Kier alpha value is -3.04. The highest BCUT2D eigenvalue weighted by Crippen LogP contribution is 2.53. The van der Waals surface area contributed by atoms with Crippen LogP contribution in [0.3, 0.4) is 0 Å². The predicted octanol–water partition coefficient (Wildman–Crippen LogP) is 3.80. The van der Waals surface area contributed by atoms with Gasteiger partial charge in [0.1, 0.15) is 17.3 Å². The van der Waals surface area contributed by atoms with Gasteiger partial charge in [-0.25, -0.2) is 4.68 Å². The standard InChI is InChI=1S/C23H28F3N5O2/c1-13-9-16(33-23(24,25)26)10-14(2)19(13)31-20(30(4)12-15-5-6-15)18(17(29-31)11-28-3)22(7-8-22)21(27)32/h9-11,15H,5-8,12H2,1-4H3,(H2,27,32). The first-order chi connectivity index (χ1) is 15.5. The van der Waals surface area contributed by atoms with Crippen molar-refractivity contribution < 1.29 is 22.7 Å². The SMILES string of the molecule is CN=Cc1nn(-c2c(C)cc(OC(F)(F)F)cc2C)c(N(C)CC2CC2)c1C1(C(N)=O)CC1. The number of amides is 1. The van der Waals surface area contributed by atoms with E-state index in [4.69, 9.17) is 10.8 Å². The molecule has 2 aromatic rings. The zero-order valence-electron chi connectivity index (χ0n) is 19.2. The van der Waals surface area contributed by atoms with Gasteiger partial charge in [-0.3, -0.25) is 9.79 Å². The molecule has 0 bridgehead atoms. The Labute approximate surface area is 190 Å². The largest absolute Gasteiger partial charge is 0.573 e. The smallest absolute Gasteiger partial charge is 0.406 e. The van der Waals surface area contributed by atoms with Crippen LogP contribution in [0.2, 0.25) is 0 Å². The third kappa shape index (κ3) is 4.43. The number of anilines is 1. The van der Waals surface area contributed by atoms with Gasteiger partial charge in [-0.1, -0.05) is 0 Å². The third-order valence-electron chi connectivity index (χ3n) is 6.34. The van der Waals surface area contributed by atoms with E-state index in [1.54, 1.807) is 31.8 Å². The molecule has 4 rings (SSSR count). The molecule has 2 N–H and O–H groups in total. The van der Waals surface area contributed by atoms with Crippen molar-refractivity contribution in [2.75, 3.05) is 25.5 Å². The van der Waals surface area contributed by atoms with E-state index < -0.39 is 17.7 Å². The van der Waals surface area contributed by atoms with Crippen LogP contribution in [-0.2, 0) is 10.2 Å². The lowest BCUT2D eigenvalue weighted by Crippen LogP contribution is -2.32. The summed E-state index contributed by atoms with van der Waals surface area (Å²) in [5.74, 6) is 0.593. The Morgan fingerprint density at radius 1 is 1.33 bits per heavy atom. The minimum Gasteiger partial charge on any atom is -0.406 e. The molecule has 1 heterocycles. The molecule has 7 nitrogen and oxygen atoms in total. The summed E-state index contributed by atoms with van der Waals surface area (Å²) in [6, 6.07) is 2.69. The number of primary amides is 1. The van der Waals surface area contributed by atoms with E-state index >= 15 is 0 Å². The van der Waals surface area contributed by atoms with Crippen molar-refractivity contribution >= 4 is 17.9 Å². The first-order valence-corrected chi connectivity index (χ1v) is 10.9. The molecule has 1 aromatic heterocycles. The first kappa shape index (κ1) is 23.1. The summed E-state index contributed by atoms with van der Waals surface area (Å²) >= 11 is 0. The van der Waals surface area contributed by atoms with Crippen LogP contribution in [0.1, 0.15) is 48.1 Å². The van der Waals surface area contributed by atoms with E-state index in [1.165, 1.54) is 12.1 Å². The Balaban J connectivity index is 1.92. The number of aliphatic imine (C=N–C) groups is 1. The number of alkyl halides is 3. The molecule has 0 spiro atoms. The molecule has 0 atom stereocenters. The minimum atomic E-state index is -4.78. The van der Waals surface area contributed by atoms with Crippen molar-refractivity contribution in [3.05, 3.63) is 34.5 Å². The molecular formula is C23H28F3N5O2. The van der Waals surface area contributed by atoms with E-state index in [1.807, 2.05) is 7.05 Å². The zero-order chi connectivity index (χ0) is 24.1. The van der Waals surface area contributed by atoms with Crippen LogP contribution < -0.4 is 15.4 Å². The molecule has 178 valence electrons. The monoisotopic (exact) mass is 463 g/mol. The summed E-state index contributed by atoms with van der Waals surface area (Å²) in [7, 11) is 3.57. The Kier molecular flexibility index (Phi) is 5.66. The van der Waals surface area contributed by atoms with Crippen LogP contribution in [0.4, 0.5) is 19.0 Å². The molecule has 1 amide bonds. The summed E-state index contributed by atoms with van der Waals surface area (Å²) < 4.78 is 44.2. The average molecular weight is 464 g/mol. The summed E-state index contributed by atoms with van der Waals surface area (Å²) in [6.45, 7) is 4.21. The fourth-order valence-corrected chi connectivity index (χ4v) is 4.57. The third-order valence-corrected chi connectivity index (χ3v) is 6.34. The second-order valence-corrected chi connectivity index (χ2v) is 9.11. The van der Waals surface area contributed by atoms with Gasteiger partial charge in [-0.15, -0.1) is 13.2 Å². The van der Waals surface area contributed by atoms with Gasteiger partial charge >= 0.3 is 6.36 Å². The van der Waals surface area contributed by atoms with Gasteiger partial charge in [0.2, 0.25) is 5.91 Å². The van der Waals surface area contributed by atoms with Crippen LogP contribution in [-0.4, -0.2) is 48.9 Å². The number of aromatic nitrogens is 2. The molecule has 0 saturated heterocycles. The normalized spacial score (nSPS) is 17.4. The number of aryl methyl sites for hydroxylation is 2. The van der Waals surface area contributed by atoms with Crippen molar-refractivity contribution in [1.82, 2.24) is 9.78 Å². The predicted molar refractivity (Wildman–Crippen MR) is 119 cm³/mol. The first-order valence-electron chi connectivity index (χ1n) is 10.9. The number of benzene rings is 1. The van der Waals surface area contributed by atoms with E-state index in [2.05, 4.69) is 14.6 Å². The van der Waals surface area contributed by atoms with Crippen molar-refractivity contribution in [1.29, 1.82) is 0 Å².